The molecule has 2 fully saturated rings. The number of morpholine rings is 1. The van der Waals surface area contributed by atoms with Crippen molar-refractivity contribution in [1.29, 1.82) is 0 Å². The fraction of sp³-hybridized carbons (Fsp3) is 0.467. The molecule has 4 nitrogen and oxygen atoms in total. The maximum absolute atomic E-state index is 12.4. The third-order valence-corrected chi connectivity index (χ3v) is 4.02. The fourth-order valence-electron chi connectivity index (χ4n) is 2.92. The molecule has 0 aromatic heterocycles. The molecule has 1 aromatic rings. The van der Waals surface area contributed by atoms with Crippen molar-refractivity contribution in [2.45, 2.75) is 5.92 Å². The molecular formula is C15H17NO3. The van der Waals surface area contributed by atoms with Gasteiger partial charge in [0.25, 0.3) is 0 Å². The Kier molecular flexibility index (Phi) is 3.34. The van der Waals surface area contributed by atoms with Gasteiger partial charge in [-0.1, -0.05) is 30.3 Å². The number of ether oxygens (including phenoxy) is 1. The quantitative estimate of drug-likeness (QED) is 0.763. The molecule has 0 N–H and O–H groups in total. The standard InChI is InChI=1S/C15H17NO3/c17-10-12-13(11-4-2-1-3-5-11)14(12)15(18)16-6-8-19-9-7-16/h1-5,10,12-14H,6-9H2/t12-,13-,14+/m0/s1. The van der Waals surface area contributed by atoms with Crippen LogP contribution in [0.1, 0.15) is 11.5 Å². The highest BCUT2D eigenvalue weighted by atomic mass is 16.5. The van der Waals surface area contributed by atoms with Gasteiger partial charge in [0.2, 0.25) is 5.91 Å². The molecule has 3 atom stereocenters. The first kappa shape index (κ1) is 12.4. The molecule has 4 heteroatoms. The highest BCUT2D eigenvalue weighted by Crippen LogP contribution is 2.53. The number of rotatable bonds is 3. The molecule has 1 amide bonds. The SMILES string of the molecule is O=C[C@@H]1[C@@H](C(=O)N2CCOCC2)[C@H]1c1ccccc1. The summed E-state index contributed by atoms with van der Waals surface area (Å²) in [5.74, 6) is -0.154. The summed E-state index contributed by atoms with van der Waals surface area (Å²) >= 11 is 0. The number of aldehydes is 1. The van der Waals surface area contributed by atoms with E-state index in [0.29, 0.717) is 26.3 Å². The molecule has 1 aliphatic carbocycles. The van der Waals surface area contributed by atoms with Crippen LogP contribution in [0.25, 0.3) is 0 Å². The first-order valence-electron chi connectivity index (χ1n) is 6.69. The Hall–Kier alpha value is -1.68. The summed E-state index contributed by atoms with van der Waals surface area (Å²) in [4.78, 5) is 25.4. The maximum Gasteiger partial charge on any atom is 0.227 e. The van der Waals surface area contributed by atoms with E-state index in [-0.39, 0.29) is 23.7 Å². The number of carbonyl (C=O) groups is 2. The Balaban J connectivity index is 1.74. The van der Waals surface area contributed by atoms with Crippen molar-refractivity contribution in [2.24, 2.45) is 11.8 Å². The molecule has 0 spiro atoms. The molecule has 1 aromatic carbocycles. The predicted octanol–water partition coefficient (Wildman–Crippen LogP) is 1.07. The molecule has 0 radical (unpaired) electrons. The molecule has 1 saturated heterocycles. The van der Waals surface area contributed by atoms with Gasteiger partial charge >= 0.3 is 0 Å². The average molecular weight is 259 g/mol. The van der Waals surface area contributed by atoms with Crippen LogP contribution in [-0.4, -0.2) is 43.4 Å². The summed E-state index contributed by atoms with van der Waals surface area (Å²) in [7, 11) is 0. The smallest absolute Gasteiger partial charge is 0.227 e. The highest BCUT2D eigenvalue weighted by molar-refractivity contribution is 5.89. The molecule has 0 unspecified atom stereocenters. The van der Waals surface area contributed by atoms with Crippen molar-refractivity contribution in [2.75, 3.05) is 26.3 Å². The van der Waals surface area contributed by atoms with Crippen LogP contribution in [0, 0.1) is 11.8 Å². The van der Waals surface area contributed by atoms with Crippen LogP contribution >= 0.6 is 0 Å². The van der Waals surface area contributed by atoms with Crippen molar-refractivity contribution in [3.8, 4) is 0 Å². The zero-order valence-corrected chi connectivity index (χ0v) is 10.7. The monoisotopic (exact) mass is 259 g/mol. The van der Waals surface area contributed by atoms with Crippen LogP contribution in [0.5, 0.6) is 0 Å². The second-order valence-corrected chi connectivity index (χ2v) is 5.11. The minimum Gasteiger partial charge on any atom is -0.378 e. The summed E-state index contributed by atoms with van der Waals surface area (Å²) in [6.07, 6.45) is 0.931. The summed E-state index contributed by atoms with van der Waals surface area (Å²) in [5, 5.41) is 0. The van der Waals surface area contributed by atoms with Crippen LogP contribution in [0.3, 0.4) is 0 Å². The van der Waals surface area contributed by atoms with Gasteiger partial charge in [0.05, 0.1) is 19.1 Å². The Morgan fingerprint density at radius 3 is 2.53 bits per heavy atom. The summed E-state index contributed by atoms with van der Waals surface area (Å²) < 4.78 is 5.25. The lowest BCUT2D eigenvalue weighted by atomic mass is 10.1. The van der Waals surface area contributed by atoms with E-state index in [9.17, 15) is 9.59 Å². The lowest BCUT2D eigenvalue weighted by Crippen LogP contribution is -2.42. The molecule has 1 heterocycles. The Labute approximate surface area is 112 Å². The van der Waals surface area contributed by atoms with Gasteiger partial charge in [0.1, 0.15) is 6.29 Å². The minimum atomic E-state index is -0.169. The van der Waals surface area contributed by atoms with E-state index in [4.69, 9.17) is 4.74 Å². The van der Waals surface area contributed by atoms with Gasteiger partial charge in [-0.25, -0.2) is 0 Å². The summed E-state index contributed by atoms with van der Waals surface area (Å²) in [6.45, 7) is 2.48. The van der Waals surface area contributed by atoms with Crippen molar-refractivity contribution < 1.29 is 14.3 Å². The number of amides is 1. The Morgan fingerprint density at radius 2 is 1.89 bits per heavy atom. The zero-order chi connectivity index (χ0) is 13.2. The van der Waals surface area contributed by atoms with Crippen molar-refractivity contribution in [3.05, 3.63) is 35.9 Å². The Bertz CT molecular complexity index is 468. The number of nitrogens with zero attached hydrogens (tertiary/aromatic N) is 1. The van der Waals surface area contributed by atoms with Gasteiger partial charge in [-0.3, -0.25) is 4.79 Å². The van der Waals surface area contributed by atoms with Gasteiger partial charge in [-0.05, 0) is 5.56 Å². The number of benzene rings is 1. The van der Waals surface area contributed by atoms with E-state index in [2.05, 4.69) is 0 Å². The van der Waals surface area contributed by atoms with Crippen LogP contribution in [0.15, 0.2) is 30.3 Å². The van der Waals surface area contributed by atoms with E-state index in [1.807, 2.05) is 35.2 Å². The van der Waals surface area contributed by atoms with E-state index in [1.165, 1.54) is 0 Å². The lowest BCUT2D eigenvalue weighted by Gasteiger charge is -2.27. The average Bonchev–Trinajstić information content (AvgIpc) is 3.22. The first-order chi connectivity index (χ1) is 9.33. The topological polar surface area (TPSA) is 46.6 Å². The van der Waals surface area contributed by atoms with Gasteiger partial charge in [-0.15, -0.1) is 0 Å². The molecule has 100 valence electrons. The zero-order valence-electron chi connectivity index (χ0n) is 10.7. The summed E-state index contributed by atoms with van der Waals surface area (Å²) in [6, 6.07) is 9.83. The third-order valence-electron chi connectivity index (χ3n) is 4.02. The predicted molar refractivity (Wildman–Crippen MR) is 69.6 cm³/mol. The van der Waals surface area contributed by atoms with Gasteiger partial charge < -0.3 is 14.4 Å². The number of carbonyl (C=O) groups excluding carboxylic acids is 2. The van der Waals surface area contributed by atoms with Crippen molar-refractivity contribution in [3.63, 3.8) is 0 Å². The molecule has 1 aliphatic heterocycles. The maximum atomic E-state index is 12.4. The second kappa shape index (κ2) is 5.13. The van der Waals surface area contributed by atoms with Crippen LogP contribution in [0.4, 0.5) is 0 Å². The molecule has 2 aliphatic rings. The largest absolute Gasteiger partial charge is 0.378 e. The van der Waals surface area contributed by atoms with Gasteiger partial charge in [0.15, 0.2) is 0 Å². The van der Waals surface area contributed by atoms with E-state index in [0.717, 1.165) is 11.8 Å². The van der Waals surface area contributed by atoms with E-state index >= 15 is 0 Å². The van der Waals surface area contributed by atoms with E-state index in [1.54, 1.807) is 0 Å². The highest BCUT2D eigenvalue weighted by Gasteiger charge is 2.56. The van der Waals surface area contributed by atoms with Gasteiger partial charge in [0, 0.05) is 24.9 Å². The minimum absolute atomic E-state index is 0.0639. The first-order valence-corrected chi connectivity index (χ1v) is 6.69. The molecule has 1 saturated carbocycles. The fourth-order valence-corrected chi connectivity index (χ4v) is 2.92. The molecule has 3 rings (SSSR count). The van der Waals surface area contributed by atoms with Crippen LogP contribution in [-0.2, 0) is 14.3 Å². The summed E-state index contributed by atoms with van der Waals surface area (Å²) in [5.41, 5.74) is 1.09. The number of hydrogen-bond donors (Lipinski definition) is 0. The van der Waals surface area contributed by atoms with Crippen molar-refractivity contribution >= 4 is 12.2 Å². The van der Waals surface area contributed by atoms with Crippen LogP contribution in [0.2, 0.25) is 0 Å². The van der Waals surface area contributed by atoms with Crippen LogP contribution < -0.4 is 0 Å². The Morgan fingerprint density at radius 1 is 1.21 bits per heavy atom. The normalized spacial score (nSPS) is 29.9. The molecule has 19 heavy (non-hydrogen) atoms. The molecule has 0 bridgehead atoms. The number of hydrogen-bond acceptors (Lipinski definition) is 3. The molecular weight excluding hydrogens is 242 g/mol. The van der Waals surface area contributed by atoms with Crippen molar-refractivity contribution in [1.82, 2.24) is 4.90 Å². The lowest BCUT2D eigenvalue weighted by molar-refractivity contribution is -0.137. The van der Waals surface area contributed by atoms with E-state index < -0.39 is 0 Å². The van der Waals surface area contributed by atoms with Gasteiger partial charge in [-0.2, -0.15) is 0 Å². The second-order valence-electron chi connectivity index (χ2n) is 5.11. The third kappa shape index (κ3) is 2.28.